The van der Waals surface area contributed by atoms with Crippen LogP contribution in [-0.4, -0.2) is 73.2 Å². The predicted molar refractivity (Wildman–Crippen MR) is 128 cm³/mol. The Morgan fingerprint density at radius 3 is 2.72 bits per heavy atom. The lowest BCUT2D eigenvalue weighted by Gasteiger charge is -2.26. The number of morpholine rings is 1. The van der Waals surface area contributed by atoms with Gasteiger partial charge in [0.15, 0.2) is 5.96 Å². The van der Waals surface area contributed by atoms with Crippen molar-refractivity contribution in [3.05, 3.63) is 47.3 Å². The van der Waals surface area contributed by atoms with E-state index < -0.39 is 0 Å². The molecule has 1 saturated heterocycles. The molecule has 0 saturated carbocycles. The molecule has 2 N–H and O–H groups in total. The van der Waals surface area contributed by atoms with Crippen molar-refractivity contribution >= 4 is 5.96 Å². The Hall–Kier alpha value is -2.58. The molecule has 32 heavy (non-hydrogen) atoms. The van der Waals surface area contributed by atoms with Gasteiger partial charge in [-0.3, -0.25) is 9.58 Å². The average Bonchev–Trinajstić information content (AvgIpc) is 3.13. The minimum atomic E-state index is 0.570. The summed E-state index contributed by atoms with van der Waals surface area (Å²) >= 11 is 0. The van der Waals surface area contributed by atoms with E-state index in [9.17, 15) is 0 Å². The maximum Gasteiger partial charge on any atom is 0.191 e. The molecular formula is C24H38N6O2. The van der Waals surface area contributed by atoms with Crippen molar-refractivity contribution in [3.8, 4) is 5.75 Å². The molecule has 1 aromatic heterocycles. The summed E-state index contributed by atoms with van der Waals surface area (Å²) in [6.07, 6.45) is 0.980. The quantitative estimate of drug-likeness (QED) is 0.316. The molecule has 1 aliphatic rings. The first-order chi connectivity index (χ1) is 15.7. The van der Waals surface area contributed by atoms with Gasteiger partial charge in [0.25, 0.3) is 0 Å². The minimum absolute atomic E-state index is 0.570. The molecule has 0 amide bonds. The SMILES string of the molecule is CCNC(=NCc1ccccc1OCCN1CCOCC1)NCCCn1nc(C)cc1C. The van der Waals surface area contributed by atoms with Crippen molar-refractivity contribution in [2.24, 2.45) is 4.99 Å². The maximum atomic E-state index is 6.09. The zero-order valence-corrected chi connectivity index (χ0v) is 19.8. The number of benzene rings is 1. The molecule has 1 fully saturated rings. The van der Waals surface area contributed by atoms with E-state index in [-0.39, 0.29) is 0 Å². The van der Waals surface area contributed by atoms with Crippen LogP contribution in [-0.2, 0) is 17.8 Å². The summed E-state index contributed by atoms with van der Waals surface area (Å²) in [6, 6.07) is 10.3. The summed E-state index contributed by atoms with van der Waals surface area (Å²) in [6.45, 7) is 14.5. The van der Waals surface area contributed by atoms with E-state index >= 15 is 0 Å². The van der Waals surface area contributed by atoms with Crippen LogP contribution in [0.5, 0.6) is 5.75 Å². The topological polar surface area (TPSA) is 75.9 Å². The van der Waals surface area contributed by atoms with Gasteiger partial charge in [-0.25, -0.2) is 4.99 Å². The van der Waals surface area contributed by atoms with Crippen LogP contribution < -0.4 is 15.4 Å². The lowest BCUT2D eigenvalue weighted by molar-refractivity contribution is 0.0322. The first-order valence-corrected chi connectivity index (χ1v) is 11.7. The Kier molecular flexibility index (Phi) is 9.84. The molecule has 1 aliphatic heterocycles. The standard InChI is InChI=1S/C24H38N6O2/c1-4-25-24(26-10-7-11-30-21(3)18-20(2)28-30)27-19-22-8-5-6-9-23(22)32-17-14-29-12-15-31-16-13-29/h5-6,8-9,18H,4,7,10-17,19H2,1-3H3,(H2,25,26,27). The number of ether oxygens (including phenoxy) is 2. The van der Waals surface area contributed by atoms with Crippen molar-refractivity contribution in [1.29, 1.82) is 0 Å². The Bertz CT molecular complexity index is 845. The fourth-order valence-electron chi connectivity index (χ4n) is 3.73. The first kappa shape index (κ1) is 24.1. The van der Waals surface area contributed by atoms with Crippen molar-refractivity contribution in [2.75, 3.05) is 52.5 Å². The number of aryl methyl sites for hydroxylation is 3. The van der Waals surface area contributed by atoms with Crippen molar-refractivity contribution in [2.45, 2.75) is 40.3 Å². The zero-order chi connectivity index (χ0) is 22.6. The van der Waals surface area contributed by atoms with Gasteiger partial charge in [0.1, 0.15) is 12.4 Å². The highest BCUT2D eigenvalue weighted by molar-refractivity contribution is 5.79. The van der Waals surface area contributed by atoms with E-state index in [1.165, 1.54) is 5.69 Å². The molecule has 8 nitrogen and oxygen atoms in total. The van der Waals surface area contributed by atoms with E-state index in [2.05, 4.69) is 51.3 Å². The smallest absolute Gasteiger partial charge is 0.191 e. The number of aliphatic imine (C=N–C) groups is 1. The molecule has 2 aromatic rings. The fraction of sp³-hybridized carbons (Fsp3) is 0.583. The highest BCUT2D eigenvalue weighted by atomic mass is 16.5. The van der Waals surface area contributed by atoms with E-state index in [0.717, 1.165) is 81.9 Å². The highest BCUT2D eigenvalue weighted by Crippen LogP contribution is 2.19. The van der Waals surface area contributed by atoms with Gasteiger partial charge >= 0.3 is 0 Å². The molecule has 1 aromatic carbocycles. The molecular weight excluding hydrogens is 404 g/mol. The van der Waals surface area contributed by atoms with Crippen LogP contribution in [0.4, 0.5) is 0 Å². The second-order valence-electron chi connectivity index (χ2n) is 8.04. The summed E-state index contributed by atoms with van der Waals surface area (Å²) in [4.78, 5) is 7.15. The third-order valence-corrected chi connectivity index (χ3v) is 5.44. The number of para-hydroxylation sites is 1. The largest absolute Gasteiger partial charge is 0.492 e. The van der Waals surface area contributed by atoms with E-state index in [0.29, 0.717) is 13.2 Å². The maximum absolute atomic E-state index is 6.09. The molecule has 8 heteroatoms. The normalized spacial score (nSPS) is 15.0. The third-order valence-electron chi connectivity index (χ3n) is 5.44. The Morgan fingerprint density at radius 2 is 1.97 bits per heavy atom. The van der Waals surface area contributed by atoms with Gasteiger partial charge in [0.05, 0.1) is 25.5 Å². The van der Waals surface area contributed by atoms with Crippen LogP contribution in [0.1, 0.15) is 30.3 Å². The summed E-state index contributed by atoms with van der Waals surface area (Å²) in [5.41, 5.74) is 3.36. The summed E-state index contributed by atoms with van der Waals surface area (Å²) in [5.74, 6) is 1.73. The number of guanidine groups is 1. The van der Waals surface area contributed by atoms with Gasteiger partial charge in [-0.1, -0.05) is 18.2 Å². The molecule has 3 rings (SSSR count). The van der Waals surface area contributed by atoms with Crippen LogP contribution in [0, 0.1) is 13.8 Å². The number of nitrogens with one attached hydrogen (secondary N) is 2. The Balaban J connectivity index is 1.47. The lowest BCUT2D eigenvalue weighted by Crippen LogP contribution is -2.38. The van der Waals surface area contributed by atoms with Crippen LogP contribution >= 0.6 is 0 Å². The van der Waals surface area contributed by atoms with Crippen LogP contribution in [0.15, 0.2) is 35.3 Å². The number of hydrogen-bond acceptors (Lipinski definition) is 5. The van der Waals surface area contributed by atoms with Crippen molar-refractivity contribution < 1.29 is 9.47 Å². The summed E-state index contributed by atoms with van der Waals surface area (Å²) in [5, 5.41) is 11.3. The summed E-state index contributed by atoms with van der Waals surface area (Å²) in [7, 11) is 0. The van der Waals surface area contributed by atoms with Gasteiger partial charge < -0.3 is 20.1 Å². The monoisotopic (exact) mass is 442 g/mol. The zero-order valence-electron chi connectivity index (χ0n) is 19.8. The molecule has 0 bridgehead atoms. The van der Waals surface area contributed by atoms with Gasteiger partial charge in [0.2, 0.25) is 0 Å². The third kappa shape index (κ3) is 7.84. The fourth-order valence-corrected chi connectivity index (χ4v) is 3.73. The molecule has 0 atom stereocenters. The Labute approximate surface area is 192 Å². The molecule has 0 radical (unpaired) electrons. The second-order valence-corrected chi connectivity index (χ2v) is 8.04. The van der Waals surface area contributed by atoms with E-state index in [4.69, 9.17) is 14.5 Å². The predicted octanol–water partition coefficient (Wildman–Crippen LogP) is 2.36. The molecule has 2 heterocycles. The number of rotatable bonds is 11. The first-order valence-electron chi connectivity index (χ1n) is 11.7. The van der Waals surface area contributed by atoms with Gasteiger partial charge in [-0.2, -0.15) is 5.10 Å². The minimum Gasteiger partial charge on any atom is -0.492 e. The molecule has 0 aliphatic carbocycles. The number of nitrogens with zero attached hydrogens (tertiary/aromatic N) is 4. The number of hydrogen-bond donors (Lipinski definition) is 2. The van der Waals surface area contributed by atoms with Crippen molar-refractivity contribution in [3.63, 3.8) is 0 Å². The van der Waals surface area contributed by atoms with Gasteiger partial charge in [-0.15, -0.1) is 0 Å². The Morgan fingerprint density at radius 1 is 1.16 bits per heavy atom. The number of aromatic nitrogens is 2. The van der Waals surface area contributed by atoms with Crippen LogP contribution in [0.25, 0.3) is 0 Å². The average molecular weight is 443 g/mol. The van der Waals surface area contributed by atoms with E-state index in [1.807, 2.05) is 25.1 Å². The highest BCUT2D eigenvalue weighted by Gasteiger charge is 2.10. The summed E-state index contributed by atoms with van der Waals surface area (Å²) < 4.78 is 13.6. The molecule has 0 spiro atoms. The second kappa shape index (κ2) is 13.1. The molecule has 176 valence electrons. The van der Waals surface area contributed by atoms with Crippen LogP contribution in [0.2, 0.25) is 0 Å². The van der Waals surface area contributed by atoms with Gasteiger partial charge in [-0.05, 0) is 39.3 Å². The van der Waals surface area contributed by atoms with E-state index in [1.54, 1.807) is 0 Å². The molecule has 0 unspecified atom stereocenters. The lowest BCUT2D eigenvalue weighted by atomic mass is 10.2. The van der Waals surface area contributed by atoms with Crippen molar-refractivity contribution in [1.82, 2.24) is 25.3 Å². The van der Waals surface area contributed by atoms with Crippen LogP contribution in [0.3, 0.4) is 0 Å². The van der Waals surface area contributed by atoms with Gasteiger partial charge in [0, 0.05) is 50.5 Å².